The van der Waals surface area contributed by atoms with Crippen molar-refractivity contribution in [2.75, 3.05) is 7.11 Å². The van der Waals surface area contributed by atoms with Crippen LogP contribution in [0.5, 0.6) is 5.75 Å². The van der Waals surface area contributed by atoms with Crippen molar-refractivity contribution in [1.82, 2.24) is 24.5 Å². The standard InChI is InChI=1S/C13H15N5O3S2/c1-8-6-10(4-5-11(8)21-3)23(19,20)14-7-12-17-18-9(2)15-16-13(18)22-12/h4-6,14H,7H2,1-3H3. The van der Waals surface area contributed by atoms with Crippen LogP contribution < -0.4 is 9.46 Å². The second kappa shape index (κ2) is 5.87. The van der Waals surface area contributed by atoms with Crippen LogP contribution in [0.2, 0.25) is 0 Å². The van der Waals surface area contributed by atoms with Gasteiger partial charge in [-0.1, -0.05) is 11.3 Å². The molecule has 0 aliphatic heterocycles. The number of nitrogens with one attached hydrogen (secondary N) is 1. The van der Waals surface area contributed by atoms with Gasteiger partial charge in [-0.25, -0.2) is 13.1 Å². The fourth-order valence-corrected chi connectivity index (χ4v) is 4.07. The van der Waals surface area contributed by atoms with Gasteiger partial charge in [0.2, 0.25) is 15.0 Å². The molecule has 2 heterocycles. The number of benzene rings is 1. The summed E-state index contributed by atoms with van der Waals surface area (Å²) in [6.45, 7) is 3.68. The highest BCUT2D eigenvalue weighted by atomic mass is 32.2. The summed E-state index contributed by atoms with van der Waals surface area (Å²) >= 11 is 1.29. The number of ether oxygens (including phenoxy) is 1. The van der Waals surface area contributed by atoms with Gasteiger partial charge in [-0.2, -0.15) is 9.61 Å². The minimum Gasteiger partial charge on any atom is -0.496 e. The van der Waals surface area contributed by atoms with Gasteiger partial charge in [0.25, 0.3) is 0 Å². The molecule has 0 fully saturated rings. The lowest BCUT2D eigenvalue weighted by Gasteiger charge is -2.08. The molecule has 0 saturated heterocycles. The lowest BCUT2D eigenvalue weighted by Crippen LogP contribution is -2.23. The van der Waals surface area contributed by atoms with Crippen molar-refractivity contribution in [2.45, 2.75) is 25.3 Å². The van der Waals surface area contributed by atoms with E-state index in [0.29, 0.717) is 21.5 Å². The van der Waals surface area contributed by atoms with Crippen LogP contribution in [0, 0.1) is 13.8 Å². The SMILES string of the molecule is COc1ccc(S(=O)(=O)NCc2nn3c(C)nnc3s2)cc1C. The lowest BCUT2D eigenvalue weighted by atomic mass is 10.2. The Hall–Kier alpha value is -2.04. The Labute approximate surface area is 137 Å². The average Bonchev–Trinajstić information content (AvgIpc) is 3.07. The van der Waals surface area contributed by atoms with Crippen LogP contribution in [-0.4, -0.2) is 35.3 Å². The van der Waals surface area contributed by atoms with Gasteiger partial charge >= 0.3 is 0 Å². The number of rotatable bonds is 5. The van der Waals surface area contributed by atoms with E-state index in [-0.39, 0.29) is 11.4 Å². The second-order valence-electron chi connectivity index (χ2n) is 4.89. The largest absolute Gasteiger partial charge is 0.496 e. The first-order valence-corrected chi connectivity index (χ1v) is 9.03. The summed E-state index contributed by atoms with van der Waals surface area (Å²) in [4.78, 5) is 0.826. The van der Waals surface area contributed by atoms with E-state index >= 15 is 0 Å². The van der Waals surface area contributed by atoms with Crippen LogP contribution in [0.15, 0.2) is 23.1 Å². The third-order valence-electron chi connectivity index (χ3n) is 3.28. The van der Waals surface area contributed by atoms with E-state index in [4.69, 9.17) is 4.74 Å². The van der Waals surface area contributed by atoms with Gasteiger partial charge in [0, 0.05) is 0 Å². The van der Waals surface area contributed by atoms with E-state index in [0.717, 1.165) is 5.56 Å². The molecule has 1 aromatic carbocycles. The van der Waals surface area contributed by atoms with E-state index in [1.54, 1.807) is 37.6 Å². The molecule has 122 valence electrons. The number of nitrogens with zero attached hydrogens (tertiary/aromatic N) is 4. The first-order chi connectivity index (χ1) is 10.9. The van der Waals surface area contributed by atoms with Crippen LogP contribution in [0.3, 0.4) is 0 Å². The van der Waals surface area contributed by atoms with E-state index in [9.17, 15) is 8.42 Å². The molecule has 0 atom stereocenters. The van der Waals surface area contributed by atoms with Crippen LogP contribution in [0.4, 0.5) is 0 Å². The van der Waals surface area contributed by atoms with Crippen molar-refractivity contribution in [3.63, 3.8) is 0 Å². The highest BCUT2D eigenvalue weighted by Gasteiger charge is 2.17. The Balaban J connectivity index is 1.79. The molecule has 0 saturated carbocycles. The van der Waals surface area contributed by atoms with Crippen LogP contribution in [0.25, 0.3) is 4.96 Å². The maximum atomic E-state index is 12.4. The van der Waals surface area contributed by atoms with E-state index in [2.05, 4.69) is 20.0 Å². The van der Waals surface area contributed by atoms with Gasteiger partial charge in [0.05, 0.1) is 18.6 Å². The van der Waals surface area contributed by atoms with E-state index in [1.807, 2.05) is 0 Å². The van der Waals surface area contributed by atoms with E-state index < -0.39 is 10.0 Å². The van der Waals surface area contributed by atoms with Crippen molar-refractivity contribution >= 4 is 26.3 Å². The molecule has 0 radical (unpaired) electrons. The van der Waals surface area contributed by atoms with Crippen molar-refractivity contribution in [2.24, 2.45) is 0 Å². The Bertz CT molecular complexity index is 961. The van der Waals surface area contributed by atoms with Crippen molar-refractivity contribution < 1.29 is 13.2 Å². The number of fused-ring (bicyclic) bond motifs is 1. The molecule has 10 heteroatoms. The van der Waals surface area contributed by atoms with Crippen molar-refractivity contribution in [1.29, 1.82) is 0 Å². The molecule has 3 rings (SSSR count). The molecule has 1 N–H and O–H groups in total. The molecule has 8 nitrogen and oxygen atoms in total. The summed E-state index contributed by atoms with van der Waals surface area (Å²) in [5, 5.41) is 12.7. The molecule has 3 aromatic rings. The smallest absolute Gasteiger partial charge is 0.240 e. The second-order valence-corrected chi connectivity index (χ2v) is 7.70. The van der Waals surface area contributed by atoms with Gasteiger partial charge in [0.1, 0.15) is 10.8 Å². The molecule has 0 bridgehead atoms. The highest BCUT2D eigenvalue weighted by molar-refractivity contribution is 7.89. The maximum absolute atomic E-state index is 12.4. The zero-order valence-corrected chi connectivity index (χ0v) is 14.4. The minimum atomic E-state index is -3.62. The highest BCUT2D eigenvalue weighted by Crippen LogP contribution is 2.21. The summed E-state index contributed by atoms with van der Waals surface area (Å²) in [7, 11) is -2.07. The lowest BCUT2D eigenvalue weighted by molar-refractivity contribution is 0.411. The monoisotopic (exact) mass is 353 g/mol. The molecule has 0 spiro atoms. The predicted octanol–water partition coefficient (Wildman–Crippen LogP) is 1.29. The molecule has 23 heavy (non-hydrogen) atoms. The molecular formula is C13H15N5O3S2. The molecule has 0 aliphatic rings. The summed E-state index contributed by atoms with van der Waals surface area (Å²) < 4.78 is 34.0. The Morgan fingerprint density at radius 3 is 2.74 bits per heavy atom. The Kier molecular flexibility index (Phi) is 4.04. The number of sulfonamides is 1. The summed E-state index contributed by atoms with van der Waals surface area (Å²) in [5.74, 6) is 1.31. The van der Waals surface area contributed by atoms with Crippen LogP contribution in [0.1, 0.15) is 16.4 Å². The third kappa shape index (κ3) is 3.05. The number of methoxy groups -OCH3 is 1. The number of aryl methyl sites for hydroxylation is 2. The zero-order valence-electron chi connectivity index (χ0n) is 12.8. The first-order valence-electron chi connectivity index (χ1n) is 6.73. The first kappa shape index (κ1) is 15.8. The molecule has 0 amide bonds. The van der Waals surface area contributed by atoms with Crippen LogP contribution in [-0.2, 0) is 16.6 Å². The van der Waals surface area contributed by atoms with Gasteiger partial charge in [-0.05, 0) is 37.6 Å². The minimum absolute atomic E-state index is 0.0981. The predicted molar refractivity (Wildman–Crippen MR) is 85.2 cm³/mol. The molecule has 0 aliphatic carbocycles. The van der Waals surface area contributed by atoms with Gasteiger partial charge in [-0.3, -0.25) is 0 Å². The van der Waals surface area contributed by atoms with Gasteiger partial charge in [-0.15, -0.1) is 10.2 Å². The number of hydrogen-bond acceptors (Lipinski definition) is 7. The quantitative estimate of drug-likeness (QED) is 0.742. The summed E-state index contributed by atoms with van der Waals surface area (Å²) in [6.07, 6.45) is 0. The molecular weight excluding hydrogens is 338 g/mol. The van der Waals surface area contributed by atoms with Gasteiger partial charge < -0.3 is 4.74 Å². The summed E-state index contributed by atoms with van der Waals surface area (Å²) in [6, 6.07) is 4.72. The fourth-order valence-electron chi connectivity index (χ4n) is 2.08. The third-order valence-corrected chi connectivity index (χ3v) is 5.58. The number of hydrogen-bond donors (Lipinski definition) is 1. The van der Waals surface area contributed by atoms with Crippen molar-refractivity contribution in [3.05, 3.63) is 34.6 Å². The zero-order chi connectivity index (χ0) is 16.6. The molecule has 0 unspecified atom stereocenters. The van der Waals surface area contributed by atoms with E-state index in [1.165, 1.54) is 17.4 Å². The number of aromatic nitrogens is 4. The normalized spacial score (nSPS) is 12.0. The molecule has 2 aromatic heterocycles. The fraction of sp³-hybridized carbons (Fsp3) is 0.308. The van der Waals surface area contributed by atoms with Crippen LogP contribution >= 0.6 is 11.3 Å². The Morgan fingerprint density at radius 2 is 2.09 bits per heavy atom. The maximum Gasteiger partial charge on any atom is 0.240 e. The summed E-state index contributed by atoms with van der Waals surface area (Å²) in [5.41, 5.74) is 0.754. The van der Waals surface area contributed by atoms with Gasteiger partial charge in [0.15, 0.2) is 5.82 Å². The average molecular weight is 353 g/mol. The topological polar surface area (TPSA) is 98.5 Å². The Morgan fingerprint density at radius 1 is 1.30 bits per heavy atom. The van der Waals surface area contributed by atoms with Crippen molar-refractivity contribution in [3.8, 4) is 5.75 Å².